The minimum atomic E-state index is -1.08. The van der Waals surface area contributed by atoms with Crippen LogP contribution in [0.2, 0.25) is 0 Å². The molecule has 0 radical (unpaired) electrons. The van der Waals surface area contributed by atoms with Gasteiger partial charge in [-0.2, -0.15) is 0 Å². The third-order valence-electron chi connectivity index (χ3n) is 7.77. The molecule has 0 saturated carbocycles. The molecule has 0 bridgehead atoms. The molecule has 1 atom stereocenters. The zero-order chi connectivity index (χ0) is 32.0. The fourth-order valence-electron chi connectivity index (χ4n) is 5.30. The van der Waals surface area contributed by atoms with Crippen LogP contribution in [0.5, 0.6) is 0 Å². The molecule has 45 heavy (non-hydrogen) atoms. The van der Waals surface area contributed by atoms with Crippen LogP contribution in [0.4, 0.5) is 11.4 Å². The molecule has 15 heteroatoms. The van der Waals surface area contributed by atoms with E-state index in [0.29, 0.717) is 25.1 Å². The Morgan fingerprint density at radius 2 is 1.78 bits per heavy atom. The van der Waals surface area contributed by atoms with Crippen LogP contribution >= 0.6 is 0 Å². The number of hydrogen-bond donors (Lipinski definition) is 4. The third-order valence-corrected chi connectivity index (χ3v) is 7.77. The number of rotatable bonds is 8. The van der Waals surface area contributed by atoms with Gasteiger partial charge in [0.05, 0.1) is 11.6 Å². The highest BCUT2D eigenvalue weighted by Crippen LogP contribution is 2.26. The van der Waals surface area contributed by atoms with Crippen molar-refractivity contribution < 1.29 is 24.0 Å². The van der Waals surface area contributed by atoms with Gasteiger partial charge in [-0.05, 0) is 59.0 Å². The van der Waals surface area contributed by atoms with Crippen molar-refractivity contribution in [3.05, 3.63) is 119 Å². The summed E-state index contributed by atoms with van der Waals surface area (Å²) in [7, 11) is 0. The number of carbonyl (C=O) groups is 3. The van der Waals surface area contributed by atoms with Crippen LogP contribution in [-0.4, -0.2) is 44.0 Å². The Morgan fingerprint density at radius 1 is 1.02 bits per heavy atom. The van der Waals surface area contributed by atoms with E-state index in [2.05, 4.69) is 25.3 Å². The van der Waals surface area contributed by atoms with Crippen LogP contribution in [0.1, 0.15) is 66.6 Å². The zero-order valence-corrected chi connectivity index (χ0v) is 23.7. The number of carboxylic acid groups (broad SMARTS) is 1. The molecule has 0 saturated heterocycles. The number of nitrogens with two attached hydrogens (primary N) is 1. The Bertz CT molecular complexity index is 2140. The van der Waals surface area contributed by atoms with Gasteiger partial charge in [-0.3, -0.25) is 23.7 Å². The molecule has 0 unspecified atom stereocenters. The summed E-state index contributed by atoms with van der Waals surface area (Å²) in [5.41, 5.74) is 7.68. The fourth-order valence-corrected chi connectivity index (χ4v) is 5.30. The summed E-state index contributed by atoms with van der Waals surface area (Å²) in [5, 5.41) is 18.1. The van der Waals surface area contributed by atoms with E-state index < -0.39 is 40.4 Å². The number of nitrogens with one attached hydrogen (secondary N) is 2. The quantitative estimate of drug-likeness (QED) is 0.177. The van der Waals surface area contributed by atoms with Crippen molar-refractivity contribution in [2.45, 2.75) is 32.5 Å². The van der Waals surface area contributed by atoms with Crippen LogP contribution in [0.15, 0.2) is 67.4 Å². The number of carbonyl (C=O) groups excluding carboxylic acids is 2. The second-order valence-corrected chi connectivity index (χ2v) is 10.6. The van der Waals surface area contributed by atoms with E-state index in [0.717, 1.165) is 27.2 Å². The molecule has 0 fully saturated rings. The standard InChI is InChI=1S/C30H25N7O8/c1-14(16-4-6-18(7-5-16)28(42)43)33-26(40)20-11-21(37-29(34-20)35-45-30(37)44)27(41)32-12-15-2-3-17-8-9-36(13-19(17)10-15)23-22(31)24(38)25(23)39/h2-7,10-11,14H,8-9,12-13,31H2,1H3,(H,32,41)(H,33,40)(H,42,43)/t14-/m0/s1. The molecule has 2 amide bonds. The lowest BCUT2D eigenvalue weighted by atomic mass is 9.96. The number of fused-ring (bicyclic) bond motifs is 2. The van der Waals surface area contributed by atoms with E-state index in [9.17, 15) is 28.8 Å². The summed E-state index contributed by atoms with van der Waals surface area (Å²) in [6.07, 6.45) is 0.642. The predicted molar refractivity (Wildman–Crippen MR) is 159 cm³/mol. The minimum Gasteiger partial charge on any atom is -0.478 e. The van der Waals surface area contributed by atoms with Crippen molar-refractivity contribution in [1.82, 2.24) is 25.2 Å². The van der Waals surface area contributed by atoms with Crippen LogP contribution in [0.3, 0.4) is 0 Å². The second-order valence-electron chi connectivity index (χ2n) is 10.6. The summed E-state index contributed by atoms with van der Waals surface area (Å²) in [5.74, 6) is -3.70. The Balaban J connectivity index is 1.19. The number of benzene rings is 2. The SMILES string of the molecule is C[C@H](NC(=O)c1cc(C(=O)NCc2ccc3c(c2)CN(c2c(N)c(=O)c2=O)CC3)n2c(=O)onc2n1)c1ccc(C(=O)O)cc1. The first kappa shape index (κ1) is 29.0. The third kappa shape index (κ3) is 5.30. The van der Waals surface area contributed by atoms with Gasteiger partial charge in [0.15, 0.2) is 0 Å². The van der Waals surface area contributed by atoms with Gasteiger partial charge in [0.2, 0.25) is 0 Å². The Hall–Kier alpha value is -6.12. The van der Waals surface area contributed by atoms with Crippen LogP contribution in [0, 0.1) is 0 Å². The summed E-state index contributed by atoms with van der Waals surface area (Å²) in [4.78, 5) is 79.3. The molecule has 15 nitrogen and oxygen atoms in total. The first-order valence-electron chi connectivity index (χ1n) is 13.8. The average Bonchev–Trinajstić information content (AvgIpc) is 3.43. The molecule has 2 aromatic heterocycles. The highest BCUT2D eigenvalue weighted by molar-refractivity contribution is 5.98. The summed E-state index contributed by atoms with van der Waals surface area (Å²) in [6, 6.07) is 12.2. The van der Waals surface area contributed by atoms with Crippen LogP contribution < -0.4 is 37.9 Å². The van der Waals surface area contributed by atoms with Gasteiger partial charge in [0, 0.05) is 19.6 Å². The number of anilines is 2. The van der Waals surface area contributed by atoms with E-state index in [4.69, 9.17) is 10.8 Å². The van der Waals surface area contributed by atoms with E-state index in [1.807, 2.05) is 18.2 Å². The van der Waals surface area contributed by atoms with Gasteiger partial charge >= 0.3 is 11.7 Å². The summed E-state index contributed by atoms with van der Waals surface area (Å²) >= 11 is 0. The maximum absolute atomic E-state index is 13.3. The lowest BCUT2D eigenvalue weighted by Gasteiger charge is -2.32. The maximum Gasteiger partial charge on any atom is 0.448 e. The molecule has 5 N–H and O–H groups in total. The topological polar surface area (TPSA) is 219 Å². The highest BCUT2D eigenvalue weighted by Gasteiger charge is 2.27. The summed E-state index contributed by atoms with van der Waals surface area (Å²) < 4.78 is 5.53. The van der Waals surface area contributed by atoms with Crippen molar-refractivity contribution >= 4 is 34.9 Å². The molecular weight excluding hydrogens is 586 g/mol. The number of nitrogens with zero attached hydrogens (tertiary/aromatic N) is 4. The van der Waals surface area contributed by atoms with Crippen molar-refractivity contribution in [3.8, 4) is 0 Å². The first-order valence-corrected chi connectivity index (χ1v) is 13.8. The average molecular weight is 612 g/mol. The zero-order valence-electron chi connectivity index (χ0n) is 23.7. The fraction of sp³-hybridized carbons (Fsp3) is 0.200. The largest absolute Gasteiger partial charge is 0.478 e. The second kappa shape index (κ2) is 11.2. The molecule has 5 aromatic rings. The molecule has 0 spiro atoms. The smallest absolute Gasteiger partial charge is 0.448 e. The van der Waals surface area contributed by atoms with Gasteiger partial charge in [0.1, 0.15) is 22.8 Å². The molecule has 228 valence electrons. The van der Waals surface area contributed by atoms with Crippen molar-refractivity contribution in [2.24, 2.45) is 0 Å². The molecule has 3 aromatic carbocycles. The first-order chi connectivity index (χ1) is 21.5. The number of aromatic nitrogens is 3. The van der Waals surface area contributed by atoms with Crippen LogP contribution in [0.25, 0.3) is 5.78 Å². The molecule has 3 heterocycles. The van der Waals surface area contributed by atoms with Gasteiger partial charge in [-0.1, -0.05) is 30.3 Å². The van der Waals surface area contributed by atoms with E-state index in [1.165, 1.54) is 12.1 Å². The van der Waals surface area contributed by atoms with E-state index in [-0.39, 0.29) is 40.6 Å². The van der Waals surface area contributed by atoms with Gasteiger partial charge in [-0.25, -0.2) is 19.0 Å². The summed E-state index contributed by atoms with van der Waals surface area (Å²) in [6.45, 7) is 2.65. The van der Waals surface area contributed by atoms with Gasteiger partial charge in [0.25, 0.3) is 28.4 Å². The van der Waals surface area contributed by atoms with Crippen molar-refractivity contribution in [1.29, 1.82) is 0 Å². The Kier molecular flexibility index (Phi) is 7.20. The van der Waals surface area contributed by atoms with Crippen molar-refractivity contribution in [3.63, 3.8) is 0 Å². The normalized spacial score (nSPS) is 13.4. The lowest BCUT2D eigenvalue weighted by molar-refractivity contribution is 0.0696. The Labute approximate surface area is 252 Å². The molecule has 0 aliphatic carbocycles. The van der Waals surface area contributed by atoms with E-state index in [1.54, 1.807) is 24.0 Å². The van der Waals surface area contributed by atoms with E-state index >= 15 is 0 Å². The highest BCUT2D eigenvalue weighted by atomic mass is 16.5. The molecule has 1 aliphatic heterocycles. The number of nitrogen functional groups attached to an aromatic ring is 1. The number of carboxylic acids is 1. The molecule has 1 aliphatic rings. The maximum atomic E-state index is 13.3. The number of amides is 2. The van der Waals surface area contributed by atoms with Crippen molar-refractivity contribution in [2.75, 3.05) is 17.2 Å². The minimum absolute atomic E-state index is 0.0311. The molecule has 6 rings (SSSR count). The predicted octanol–water partition coefficient (Wildman–Crippen LogP) is 0.543. The monoisotopic (exact) mass is 611 g/mol. The molecular formula is C30H25N7O8. The number of hydrogen-bond acceptors (Lipinski definition) is 11. The lowest BCUT2D eigenvalue weighted by Crippen LogP contribution is -2.44. The van der Waals surface area contributed by atoms with Crippen LogP contribution in [-0.2, 0) is 19.5 Å². The van der Waals surface area contributed by atoms with Gasteiger partial charge < -0.3 is 26.4 Å². The number of aromatic carboxylic acids is 1. The Morgan fingerprint density at radius 3 is 2.49 bits per heavy atom. The van der Waals surface area contributed by atoms with Gasteiger partial charge in [-0.15, -0.1) is 0 Å².